The van der Waals surface area contributed by atoms with E-state index in [2.05, 4.69) is 21.2 Å². The van der Waals surface area contributed by atoms with E-state index >= 15 is 0 Å². The van der Waals surface area contributed by atoms with Gasteiger partial charge in [0.05, 0.1) is 0 Å². The van der Waals surface area contributed by atoms with Crippen molar-refractivity contribution in [3.63, 3.8) is 0 Å². The van der Waals surface area contributed by atoms with E-state index in [9.17, 15) is 9.59 Å². The van der Waals surface area contributed by atoms with Gasteiger partial charge < -0.3 is 15.0 Å². The van der Waals surface area contributed by atoms with Gasteiger partial charge in [0.15, 0.2) is 6.61 Å². The molecule has 156 valence electrons. The van der Waals surface area contributed by atoms with E-state index in [1.807, 2.05) is 38.1 Å². The lowest BCUT2D eigenvalue weighted by atomic mass is 10.1. The van der Waals surface area contributed by atoms with Crippen LogP contribution in [0.15, 0.2) is 53.0 Å². The number of nitrogens with one attached hydrogen (secondary N) is 1. The number of nitrogens with zero attached hydrogens (tertiary/aromatic N) is 1. The van der Waals surface area contributed by atoms with Gasteiger partial charge in [0.25, 0.3) is 5.91 Å². The fourth-order valence-electron chi connectivity index (χ4n) is 2.64. The van der Waals surface area contributed by atoms with E-state index in [4.69, 9.17) is 16.3 Å². The SMILES string of the molecule is CCC(C)NC(=O)C(C)N(Cc1cccc(Cl)c1)C(=O)COc1ccc(Br)cc1. The third-order valence-electron chi connectivity index (χ3n) is 4.59. The van der Waals surface area contributed by atoms with Gasteiger partial charge in [0, 0.05) is 22.1 Å². The molecule has 7 heteroatoms. The number of amides is 2. The number of hydrogen-bond donors (Lipinski definition) is 1. The van der Waals surface area contributed by atoms with Gasteiger partial charge >= 0.3 is 0 Å². The van der Waals surface area contributed by atoms with Crippen LogP contribution < -0.4 is 10.1 Å². The van der Waals surface area contributed by atoms with Crippen LogP contribution >= 0.6 is 27.5 Å². The Morgan fingerprint density at radius 2 is 1.86 bits per heavy atom. The minimum Gasteiger partial charge on any atom is -0.484 e. The summed E-state index contributed by atoms with van der Waals surface area (Å²) in [4.78, 5) is 27.1. The van der Waals surface area contributed by atoms with E-state index in [1.165, 1.54) is 4.90 Å². The minimum atomic E-state index is -0.649. The van der Waals surface area contributed by atoms with Gasteiger partial charge in [0.1, 0.15) is 11.8 Å². The molecule has 0 aliphatic rings. The van der Waals surface area contributed by atoms with Gasteiger partial charge in [-0.1, -0.05) is 46.6 Å². The predicted molar refractivity (Wildman–Crippen MR) is 119 cm³/mol. The number of rotatable bonds is 9. The maximum absolute atomic E-state index is 13.0. The van der Waals surface area contributed by atoms with E-state index in [0.717, 1.165) is 16.5 Å². The molecule has 29 heavy (non-hydrogen) atoms. The van der Waals surface area contributed by atoms with E-state index in [0.29, 0.717) is 10.8 Å². The topological polar surface area (TPSA) is 58.6 Å². The second-order valence-electron chi connectivity index (χ2n) is 6.89. The zero-order valence-electron chi connectivity index (χ0n) is 16.8. The number of carbonyl (C=O) groups is 2. The molecule has 0 aromatic heterocycles. The van der Waals surface area contributed by atoms with E-state index in [1.54, 1.807) is 31.2 Å². The molecule has 2 unspecified atom stereocenters. The van der Waals surface area contributed by atoms with Gasteiger partial charge in [0.2, 0.25) is 5.91 Å². The first-order valence-corrected chi connectivity index (χ1v) is 10.7. The van der Waals surface area contributed by atoms with Crippen LogP contribution in [0.1, 0.15) is 32.8 Å². The molecule has 0 heterocycles. The molecule has 1 N–H and O–H groups in total. The molecular formula is C22H26BrClN2O3. The third kappa shape index (κ3) is 7.37. The van der Waals surface area contributed by atoms with Crippen molar-refractivity contribution in [3.8, 4) is 5.75 Å². The molecule has 2 aromatic rings. The lowest BCUT2D eigenvalue weighted by molar-refractivity contribution is -0.142. The van der Waals surface area contributed by atoms with Crippen molar-refractivity contribution in [1.82, 2.24) is 10.2 Å². The highest BCUT2D eigenvalue weighted by atomic mass is 79.9. The molecule has 2 atom stereocenters. The highest BCUT2D eigenvalue weighted by Crippen LogP contribution is 2.18. The standard InChI is InChI=1S/C22H26BrClN2O3/c1-4-15(2)25-22(28)16(3)26(13-17-6-5-7-19(24)12-17)21(27)14-29-20-10-8-18(23)9-11-20/h5-12,15-16H,4,13-14H2,1-3H3,(H,25,28). The lowest BCUT2D eigenvalue weighted by Crippen LogP contribution is -2.50. The molecule has 2 amide bonds. The first-order chi connectivity index (χ1) is 13.8. The summed E-state index contributed by atoms with van der Waals surface area (Å²) in [6.07, 6.45) is 0.813. The lowest BCUT2D eigenvalue weighted by Gasteiger charge is -2.29. The Morgan fingerprint density at radius 1 is 1.17 bits per heavy atom. The molecule has 2 aromatic carbocycles. The second-order valence-corrected chi connectivity index (χ2v) is 8.24. The van der Waals surface area contributed by atoms with Crippen LogP contribution in [-0.4, -0.2) is 35.4 Å². The number of halogens is 2. The summed E-state index contributed by atoms with van der Waals surface area (Å²) in [7, 11) is 0. The molecule has 0 bridgehead atoms. The molecule has 0 saturated heterocycles. The first kappa shape index (κ1) is 23.2. The summed E-state index contributed by atoms with van der Waals surface area (Å²) < 4.78 is 6.55. The van der Waals surface area contributed by atoms with Crippen molar-refractivity contribution in [1.29, 1.82) is 0 Å². The highest BCUT2D eigenvalue weighted by Gasteiger charge is 2.27. The average molecular weight is 482 g/mol. The highest BCUT2D eigenvalue weighted by molar-refractivity contribution is 9.10. The van der Waals surface area contributed by atoms with Gasteiger partial charge in [-0.3, -0.25) is 9.59 Å². The maximum Gasteiger partial charge on any atom is 0.261 e. The summed E-state index contributed by atoms with van der Waals surface area (Å²) in [6.45, 7) is 5.75. The summed E-state index contributed by atoms with van der Waals surface area (Å²) in [5.74, 6) is 0.110. The maximum atomic E-state index is 13.0. The van der Waals surface area contributed by atoms with E-state index in [-0.39, 0.29) is 31.0 Å². The largest absolute Gasteiger partial charge is 0.484 e. The predicted octanol–water partition coefficient (Wildman–Crippen LogP) is 4.81. The van der Waals surface area contributed by atoms with Gasteiger partial charge in [-0.25, -0.2) is 0 Å². The Kier molecular flexibility index (Phi) is 8.99. The molecule has 0 fully saturated rings. The number of carbonyl (C=O) groups excluding carboxylic acids is 2. The fraction of sp³-hybridized carbons (Fsp3) is 0.364. The Bertz CT molecular complexity index is 829. The summed E-state index contributed by atoms with van der Waals surface area (Å²) in [6, 6.07) is 13.9. The Hall–Kier alpha value is -2.05. The molecular weight excluding hydrogens is 456 g/mol. The molecule has 0 spiro atoms. The van der Waals surface area contributed by atoms with Crippen LogP contribution in [0.5, 0.6) is 5.75 Å². The molecule has 0 aliphatic carbocycles. The first-order valence-electron chi connectivity index (χ1n) is 9.52. The molecule has 0 aliphatic heterocycles. The quantitative estimate of drug-likeness (QED) is 0.559. The zero-order chi connectivity index (χ0) is 21.4. The Labute approximate surface area is 185 Å². The fourth-order valence-corrected chi connectivity index (χ4v) is 3.12. The normalized spacial score (nSPS) is 12.7. The summed E-state index contributed by atoms with van der Waals surface area (Å²) in [5, 5.41) is 3.52. The van der Waals surface area contributed by atoms with E-state index < -0.39 is 6.04 Å². The van der Waals surface area contributed by atoms with Gasteiger partial charge in [-0.05, 0) is 62.2 Å². The van der Waals surface area contributed by atoms with Crippen molar-refractivity contribution < 1.29 is 14.3 Å². The van der Waals surface area contributed by atoms with Crippen LogP contribution in [-0.2, 0) is 16.1 Å². The number of benzene rings is 2. The Balaban J connectivity index is 2.14. The molecule has 5 nitrogen and oxygen atoms in total. The monoisotopic (exact) mass is 480 g/mol. The smallest absolute Gasteiger partial charge is 0.261 e. The summed E-state index contributed by atoms with van der Waals surface area (Å²) in [5.41, 5.74) is 0.845. The van der Waals surface area contributed by atoms with Crippen LogP contribution in [0.25, 0.3) is 0 Å². The number of ether oxygens (including phenoxy) is 1. The van der Waals surface area contributed by atoms with Crippen LogP contribution in [0.2, 0.25) is 5.02 Å². The summed E-state index contributed by atoms with van der Waals surface area (Å²) >= 11 is 9.45. The molecule has 0 saturated carbocycles. The van der Waals surface area contributed by atoms with Crippen LogP contribution in [0.4, 0.5) is 0 Å². The molecule has 0 radical (unpaired) electrons. The molecule has 2 rings (SSSR count). The van der Waals surface area contributed by atoms with Crippen LogP contribution in [0.3, 0.4) is 0 Å². The van der Waals surface area contributed by atoms with Crippen molar-refractivity contribution in [2.24, 2.45) is 0 Å². The van der Waals surface area contributed by atoms with Crippen molar-refractivity contribution >= 4 is 39.3 Å². The minimum absolute atomic E-state index is 0.0343. The number of hydrogen-bond acceptors (Lipinski definition) is 3. The Morgan fingerprint density at radius 3 is 2.48 bits per heavy atom. The van der Waals surface area contributed by atoms with Gasteiger partial charge in [-0.2, -0.15) is 0 Å². The van der Waals surface area contributed by atoms with Crippen molar-refractivity contribution in [2.75, 3.05) is 6.61 Å². The zero-order valence-corrected chi connectivity index (χ0v) is 19.2. The second kappa shape index (κ2) is 11.2. The van der Waals surface area contributed by atoms with Crippen LogP contribution in [0, 0.1) is 0 Å². The van der Waals surface area contributed by atoms with Gasteiger partial charge in [-0.15, -0.1) is 0 Å². The van der Waals surface area contributed by atoms with Crippen molar-refractivity contribution in [3.05, 3.63) is 63.6 Å². The average Bonchev–Trinajstić information content (AvgIpc) is 2.70. The van der Waals surface area contributed by atoms with Crippen molar-refractivity contribution in [2.45, 2.75) is 45.8 Å². The third-order valence-corrected chi connectivity index (χ3v) is 5.35.